The maximum atomic E-state index is 11.3. The maximum absolute atomic E-state index is 11.3. The molecule has 2 aliphatic rings. The van der Waals surface area contributed by atoms with Crippen LogP contribution in [0.2, 0.25) is 0 Å². The Hall–Kier alpha value is -0.570. The lowest BCUT2D eigenvalue weighted by Crippen LogP contribution is -2.25. The Bertz CT molecular complexity index is 189. The largest absolute Gasteiger partial charge is 0.469 e. The Morgan fingerprint density at radius 2 is 2.17 bits per heavy atom. The highest BCUT2D eigenvalue weighted by Crippen LogP contribution is 2.42. The van der Waals surface area contributed by atoms with Crippen molar-refractivity contribution < 1.29 is 9.53 Å². The average Bonchev–Trinajstić information content (AvgIpc) is 2.83. The molecule has 0 radical (unpaired) electrons. The number of carbonyl (C=O) groups is 1. The standard InChI is InChI=1S/C9H15NO2/c1-12-9(11)8-5-10-4-7(8)6-2-3-6/h6-8,10H,2-5H2,1H3/t7-,8-/m1/s1. The molecule has 1 heterocycles. The van der Waals surface area contributed by atoms with Crippen molar-refractivity contribution in [3.05, 3.63) is 0 Å². The summed E-state index contributed by atoms with van der Waals surface area (Å²) >= 11 is 0. The first-order valence-electron chi connectivity index (χ1n) is 4.61. The van der Waals surface area contributed by atoms with Gasteiger partial charge in [-0.1, -0.05) is 0 Å². The molecule has 0 amide bonds. The second-order valence-corrected chi connectivity index (χ2v) is 3.79. The fourth-order valence-corrected chi connectivity index (χ4v) is 2.13. The normalized spacial score (nSPS) is 35.1. The molecule has 2 atom stereocenters. The van der Waals surface area contributed by atoms with Crippen molar-refractivity contribution >= 4 is 5.97 Å². The van der Waals surface area contributed by atoms with Crippen molar-refractivity contribution in [3.8, 4) is 0 Å². The Balaban J connectivity index is 1.98. The highest BCUT2D eigenvalue weighted by atomic mass is 16.5. The van der Waals surface area contributed by atoms with E-state index in [1.165, 1.54) is 20.0 Å². The number of nitrogens with one attached hydrogen (secondary N) is 1. The van der Waals surface area contributed by atoms with Gasteiger partial charge in [-0.25, -0.2) is 0 Å². The summed E-state index contributed by atoms with van der Waals surface area (Å²) in [7, 11) is 1.48. The van der Waals surface area contributed by atoms with Gasteiger partial charge in [-0.2, -0.15) is 0 Å². The molecule has 1 saturated heterocycles. The van der Waals surface area contributed by atoms with Gasteiger partial charge in [-0.05, 0) is 31.2 Å². The maximum Gasteiger partial charge on any atom is 0.310 e. The SMILES string of the molecule is COC(=O)[C@@H]1CNC[C@@H]1C1CC1. The lowest BCUT2D eigenvalue weighted by molar-refractivity contribution is -0.146. The molecule has 1 aliphatic carbocycles. The van der Waals surface area contributed by atoms with E-state index in [2.05, 4.69) is 5.32 Å². The zero-order chi connectivity index (χ0) is 8.55. The first-order chi connectivity index (χ1) is 5.83. The van der Waals surface area contributed by atoms with Crippen LogP contribution in [0, 0.1) is 17.8 Å². The van der Waals surface area contributed by atoms with Crippen molar-refractivity contribution in [2.75, 3.05) is 20.2 Å². The molecule has 0 aromatic heterocycles. The highest BCUT2D eigenvalue weighted by molar-refractivity contribution is 5.73. The average molecular weight is 169 g/mol. The molecule has 3 heteroatoms. The number of carbonyl (C=O) groups excluding carboxylic acids is 1. The van der Waals surface area contributed by atoms with Gasteiger partial charge in [0.2, 0.25) is 0 Å². The minimum Gasteiger partial charge on any atom is -0.469 e. The molecule has 1 N–H and O–H groups in total. The topological polar surface area (TPSA) is 38.3 Å². The highest BCUT2D eigenvalue weighted by Gasteiger charge is 2.42. The van der Waals surface area contributed by atoms with E-state index in [9.17, 15) is 4.79 Å². The van der Waals surface area contributed by atoms with E-state index in [0.717, 1.165) is 19.0 Å². The van der Waals surface area contributed by atoms with E-state index in [1.54, 1.807) is 0 Å². The minimum absolute atomic E-state index is 0.0306. The molecule has 0 aromatic carbocycles. The molecular formula is C9H15NO2. The number of rotatable bonds is 2. The molecule has 0 aromatic rings. The van der Waals surface area contributed by atoms with Gasteiger partial charge in [0.25, 0.3) is 0 Å². The third-order valence-corrected chi connectivity index (χ3v) is 2.99. The van der Waals surface area contributed by atoms with E-state index in [1.807, 2.05) is 0 Å². The van der Waals surface area contributed by atoms with Gasteiger partial charge < -0.3 is 10.1 Å². The second kappa shape index (κ2) is 3.05. The number of hydrogen-bond donors (Lipinski definition) is 1. The predicted octanol–water partition coefficient (Wildman–Crippen LogP) is 0.405. The van der Waals surface area contributed by atoms with Gasteiger partial charge in [0.1, 0.15) is 0 Å². The van der Waals surface area contributed by atoms with Gasteiger partial charge in [-0.15, -0.1) is 0 Å². The van der Waals surface area contributed by atoms with Gasteiger partial charge in [0.15, 0.2) is 0 Å². The summed E-state index contributed by atoms with van der Waals surface area (Å²) in [4.78, 5) is 11.3. The Labute approximate surface area is 72.5 Å². The van der Waals surface area contributed by atoms with Crippen molar-refractivity contribution in [3.63, 3.8) is 0 Å². The summed E-state index contributed by atoms with van der Waals surface area (Å²) in [5, 5.41) is 3.26. The van der Waals surface area contributed by atoms with Crippen LogP contribution < -0.4 is 5.32 Å². The first-order valence-corrected chi connectivity index (χ1v) is 4.61. The lowest BCUT2D eigenvalue weighted by Gasteiger charge is -2.14. The van der Waals surface area contributed by atoms with Gasteiger partial charge in [0, 0.05) is 6.54 Å². The molecule has 0 spiro atoms. The zero-order valence-electron chi connectivity index (χ0n) is 7.38. The Morgan fingerprint density at radius 3 is 2.75 bits per heavy atom. The summed E-state index contributed by atoms with van der Waals surface area (Å²) in [5.74, 6) is 1.45. The second-order valence-electron chi connectivity index (χ2n) is 3.79. The van der Waals surface area contributed by atoms with Crippen LogP contribution in [0.3, 0.4) is 0 Å². The molecule has 12 heavy (non-hydrogen) atoms. The van der Waals surface area contributed by atoms with Gasteiger partial charge in [-0.3, -0.25) is 4.79 Å². The predicted molar refractivity (Wildman–Crippen MR) is 44.6 cm³/mol. The smallest absolute Gasteiger partial charge is 0.310 e. The Morgan fingerprint density at radius 1 is 1.42 bits per heavy atom. The van der Waals surface area contributed by atoms with Crippen LogP contribution in [0.5, 0.6) is 0 Å². The summed E-state index contributed by atoms with van der Waals surface area (Å²) < 4.78 is 4.76. The zero-order valence-corrected chi connectivity index (χ0v) is 7.38. The number of esters is 1. The van der Waals surface area contributed by atoms with E-state index in [-0.39, 0.29) is 11.9 Å². The van der Waals surface area contributed by atoms with Crippen molar-refractivity contribution in [1.82, 2.24) is 5.32 Å². The fourth-order valence-electron chi connectivity index (χ4n) is 2.13. The van der Waals surface area contributed by atoms with Crippen LogP contribution >= 0.6 is 0 Å². The summed E-state index contributed by atoms with van der Waals surface area (Å²) in [5.41, 5.74) is 0. The molecule has 2 fully saturated rings. The molecule has 0 unspecified atom stereocenters. The number of methoxy groups -OCH3 is 1. The summed E-state index contributed by atoms with van der Waals surface area (Å²) in [6.45, 7) is 1.82. The monoisotopic (exact) mass is 169 g/mol. The lowest BCUT2D eigenvalue weighted by atomic mass is 9.92. The molecule has 1 saturated carbocycles. The molecule has 0 bridgehead atoms. The Kier molecular flexibility index (Phi) is 2.05. The quantitative estimate of drug-likeness (QED) is 0.608. The number of ether oxygens (including phenoxy) is 1. The van der Waals surface area contributed by atoms with Gasteiger partial charge in [0.05, 0.1) is 13.0 Å². The molecular weight excluding hydrogens is 154 g/mol. The minimum atomic E-state index is -0.0306. The summed E-state index contributed by atoms with van der Waals surface area (Å²) in [6, 6.07) is 0. The summed E-state index contributed by atoms with van der Waals surface area (Å²) in [6.07, 6.45) is 2.61. The fraction of sp³-hybridized carbons (Fsp3) is 0.889. The first kappa shape index (κ1) is 8.05. The molecule has 3 nitrogen and oxygen atoms in total. The van der Waals surface area contributed by atoms with Crippen molar-refractivity contribution in [1.29, 1.82) is 0 Å². The van der Waals surface area contributed by atoms with Crippen LogP contribution in [0.25, 0.3) is 0 Å². The van der Waals surface area contributed by atoms with Crippen LogP contribution in [0.15, 0.2) is 0 Å². The van der Waals surface area contributed by atoms with Crippen LogP contribution in [-0.2, 0) is 9.53 Å². The van der Waals surface area contributed by atoms with E-state index < -0.39 is 0 Å². The van der Waals surface area contributed by atoms with E-state index in [4.69, 9.17) is 4.74 Å². The number of hydrogen-bond acceptors (Lipinski definition) is 3. The van der Waals surface area contributed by atoms with Gasteiger partial charge >= 0.3 is 5.97 Å². The third-order valence-electron chi connectivity index (χ3n) is 2.99. The molecule has 2 rings (SSSR count). The molecule has 1 aliphatic heterocycles. The van der Waals surface area contributed by atoms with E-state index >= 15 is 0 Å². The van der Waals surface area contributed by atoms with Crippen LogP contribution in [-0.4, -0.2) is 26.2 Å². The van der Waals surface area contributed by atoms with Crippen LogP contribution in [0.4, 0.5) is 0 Å². The van der Waals surface area contributed by atoms with E-state index in [0.29, 0.717) is 5.92 Å². The third kappa shape index (κ3) is 1.33. The van der Waals surface area contributed by atoms with Crippen molar-refractivity contribution in [2.45, 2.75) is 12.8 Å². The molecule has 68 valence electrons. The van der Waals surface area contributed by atoms with Crippen molar-refractivity contribution in [2.24, 2.45) is 17.8 Å². The van der Waals surface area contributed by atoms with Crippen LogP contribution in [0.1, 0.15) is 12.8 Å².